The monoisotopic (exact) mass is 343 g/mol. The Balaban J connectivity index is 0.000000715. The van der Waals surface area contributed by atoms with Gasteiger partial charge in [0.15, 0.2) is 0 Å². The first-order chi connectivity index (χ1) is 9.72. The Kier molecular flexibility index (Phi) is 12.6. The summed E-state index contributed by atoms with van der Waals surface area (Å²) in [5, 5.41) is 5.33. The van der Waals surface area contributed by atoms with Crippen molar-refractivity contribution < 1.29 is 60.9 Å². The van der Waals surface area contributed by atoms with Crippen LogP contribution >= 0.6 is 23.6 Å². The third-order valence-electron chi connectivity index (χ3n) is 2.22. The zero-order valence-electron chi connectivity index (χ0n) is 12.0. The van der Waals surface area contributed by atoms with E-state index in [-0.39, 0.29) is 57.3 Å². The van der Waals surface area contributed by atoms with E-state index >= 15 is 0 Å². The Morgan fingerprint density at radius 2 is 2.19 bits per heavy atom. The van der Waals surface area contributed by atoms with Crippen molar-refractivity contribution >= 4 is 45.0 Å². The molecule has 2 rings (SSSR count). The number of thiophene rings is 1. The molecule has 106 valence electrons. The van der Waals surface area contributed by atoms with Gasteiger partial charge in [-0.2, -0.15) is 0 Å². The number of rotatable bonds is 4. The van der Waals surface area contributed by atoms with Crippen molar-refractivity contribution in [2.75, 3.05) is 13.7 Å². The van der Waals surface area contributed by atoms with Gasteiger partial charge in [0.05, 0.1) is 5.91 Å². The van der Waals surface area contributed by atoms with Gasteiger partial charge < -0.3 is 21.8 Å². The number of thiocarbonyl (C=S) groups is 1. The topological polar surface area (TPSA) is 38.3 Å². The molecule has 0 aliphatic carbocycles. The van der Waals surface area contributed by atoms with E-state index in [1.807, 2.05) is 29.6 Å². The van der Waals surface area contributed by atoms with Gasteiger partial charge in [-0.1, -0.05) is 47.1 Å². The number of hydrogen-bond acceptors (Lipinski definition) is 4. The number of hydrogen-bond donors (Lipinski definition) is 1. The maximum absolute atomic E-state index is 11.1. The fourth-order valence-electron chi connectivity index (χ4n) is 1.32. The SMILES string of the molecule is O=C(C=[C-]c1csc2ccccc12)N[C-]=S.[CH2-]COC.[K+]. The molecular formula is C15H14KNO2S2-2. The van der Waals surface area contributed by atoms with Gasteiger partial charge in [-0.3, -0.25) is 0 Å². The molecule has 0 saturated heterocycles. The predicted molar refractivity (Wildman–Crippen MR) is 86.7 cm³/mol. The Labute approximate surface area is 177 Å². The van der Waals surface area contributed by atoms with E-state index in [0.717, 1.165) is 10.9 Å². The normalized spacial score (nSPS) is 9.62. The van der Waals surface area contributed by atoms with E-state index in [1.54, 1.807) is 18.4 Å². The summed E-state index contributed by atoms with van der Waals surface area (Å²) < 4.78 is 5.61. The fourth-order valence-corrected chi connectivity index (χ4v) is 2.32. The number of carbonyl (C=O) groups excluding carboxylic acids is 1. The average molecular weight is 344 g/mol. The first-order valence-electron chi connectivity index (χ1n) is 5.74. The van der Waals surface area contributed by atoms with Gasteiger partial charge in [-0.15, -0.1) is 17.7 Å². The van der Waals surface area contributed by atoms with E-state index in [0.29, 0.717) is 6.61 Å². The van der Waals surface area contributed by atoms with Crippen LogP contribution in [0.5, 0.6) is 0 Å². The number of amides is 1. The molecule has 1 amide bonds. The summed E-state index contributed by atoms with van der Waals surface area (Å²) in [5.41, 5.74) is 3.07. The van der Waals surface area contributed by atoms with Crippen LogP contribution in [0.25, 0.3) is 10.1 Å². The van der Waals surface area contributed by atoms with Gasteiger partial charge in [0.1, 0.15) is 0 Å². The van der Waals surface area contributed by atoms with Crippen LogP contribution in [0.4, 0.5) is 0 Å². The molecule has 3 nitrogen and oxygen atoms in total. The van der Waals surface area contributed by atoms with Crippen LogP contribution in [0.15, 0.2) is 35.7 Å². The van der Waals surface area contributed by atoms with Gasteiger partial charge in [-0.25, -0.2) is 23.6 Å². The van der Waals surface area contributed by atoms with Crippen molar-refractivity contribution in [2.24, 2.45) is 0 Å². The molecule has 0 aliphatic rings. The minimum Gasteiger partial charge on any atom is -0.484 e. The molecule has 0 spiro atoms. The van der Waals surface area contributed by atoms with E-state index < -0.39 is 0 Å². The third-order valence-corrected chi connectivity index (χ3v) is 3.28. The zero-order chi connectivity index (χ0) is 14.8. The summed E-state index contributed by atoms with van der Waals surface area (Å²) >= 11 is 6.02. The van der Waals surface area contributed by atoms with Crippen LogP contribution in [-0.2, 0) is 9.53 Å². The molecule has 0 bridgehead atoms. The van der Waals surface area contributed by atoms with Crippen LogP contribution in [0.3, 0.4) is 0 Å². The van der Waals surface area contributed by atoms with Crippen molar-refractivity contribution in [3.05, 3.63) is 54.3 Å². The smallest absolute Gasteiger partial charge is 0.484 e. The predicted octanol–water partition coefficient (Wildman–Crippen LogP) is 0.0301. The number of methoxy groups -OCH3 is 1. The molecule has 0 saturated carbocycles. The van der Waals surface area contributed by atoms with Crippen LogP contribution in [0.2, 0.25) is 0 Å². The molecule has 6 heteroatoms. The summed E-state index contributed by atoms with van der Waals surface area (Å²) in [5.74, 6) is -0.315. The van der Waals surface area contributed by atoms with Crippen LogP contribution in [-0.4, -0.2) is 25.1 Å². The Bertz CT molecular complexity index is 594. The van der Waals surface area contributed by atoms with Crippen molar-refractivity contribution in [2.45, 2.75) is 0 Å². The van der Waals surface area contributed by atoms with E-state index in [1.165, 1.54) is 10.8 Å². The molecule has 1 N–H and O–H groups in total. The second-order valence-corrected chi connectivity index (χ2v) is 4.63. The molecule has 0 aliphatic heterocycles. The minimum absolute atomic E-state index is 0. The third kappa shape index (κ3) is 7.76. The summed E-state index contributed by atoms with van der Waals surface area (Å²) in [6.45, 7) is 3.95. The van der Waals surface area contributed by atoms with E-state index in [4.69, 9.17) is 0 Å². The quantitative estimate of drug-likeness (QED) is 0.280. The van der Waals surface area contributed by atoms with Crippen LogP contribution < -0.4 is 56.7 Å². The molecule has 1 aromatic heterocycles. The largest absolute Gasteiger partial charge is 1.00 e. The molecule has 1 aromatic carbocycles. The second kappa shape index (κ2) is 12.6. The molecule has 0 radical (unpaired) electrons. The number of fused-ring (bicyclic) bond motifs is 1. The first kappa shape index (κ1) is 21.1. The van der Waals surface area contributed by atoms with E-state index in [9.17, 15) is 4.79 Å². The molecule has 0 fully saturated rings. The first-order valence-corrected chi connectivity index (χ1v) is 7.03. The van der Waals surface area contributed by atoms with Gasteiger partial charge in [-0.05, 0) is 4.70 Å². The number of carbonyl (C=O) groups is 1. The maximum atomic E-state index is 11.1. The van der Waals surface area contributed by atoms with Gasteiger partial charge in [0.25, 0.3) is 0 Å². The van der Waals surface area contributed by atoms with Crippen molar-refractivity contribution in [3.8, 4) is 0 Å². The maximum Gasteiger partial charge on any atom is 1.00 e. The average Bonchev–Trinajstić information content (AvgIpc) is 2.89. The molecule has 21 heavy (non-hydrogen) atoms. The molecular weight excluding hydrogens is 329 g/mol. The van der Waals surface area contributed by atoms with Gasteiger partial charge >= 0.3 is 51.4 Å². The Morgan fingerprint density at radius 1 is 1.52 bits per heavy atom. The fraction of sp³-hybridized carbons (Fsp3) is 0.133. The van der Waals surface area contributed by atoms with Gasteiger partial charge in [0, 0.05) is 7.11 Å². The van der Waals surface area contributed by atoms with E-state index in [2.05, 4.69) is 40.8 Å². The second-order valence-electron chi connectivity index (χ2n) is 3.52. The summed E-state index contributed by atoms with van der Waals surface area (Å²) in [6, 6.07) is 7.99. The van der Waals surface area contributed by atoms with Crippen molar-refractivity contribution in [1.29, 1.82) is 0 Å². The zero-order valence-corrected chi connectivity index (χ0v) is 16.8. The molecule has 2 aromatic rings. The summed E-state index contributed by atoms with van der Waals surface area (Å²) in [7, 11) is 1.62. The molecule has 0 unspecified atom stereocenters. The number of nitrogens with one attached hydrogen (secondary N) is 1. The van der Waals surface area contributed by atoms with Gasteiger partial charge in [0.2, 0.25) is 0 Å². The minimum atomic E-state index is -0.315. The van der Waals surface area contributed by atoms with Crippen molar-refractivity contribution in [3.63, 3.8) is 0 Å². The Hall–Kier alpha value is 0.0764. The Morgan fingerprint density at radius 3 is 2.81 bits per heavy atom. The molecule has 0 atom stereocenters. The van der Waals surface area contributed by atoms with Crippen LogP contribution in [0.1, 0.15) is 5.56 Å². The van der Waals surface area contributed by atoms with Crippen molar-refractivity contribution in [1.82, 2.24) is 5.32 Å². The molecule has 1 heterocycles. The summed E-state index contributed by atoms with van der Waals surface area (Å²) in [6.07, 6.45) is 4.27. The number of ether oxygens (including phenoxy) is 1. The van der Waals surface area contributed by atoms with Crippen LogP contribution in [0, 0.1) is 13.0 Å². The summed E-state index contributed by atoms with van der Waals surface area (Å²) in [4.78, 5) is 11.1. The standard InChI is InChI=1S/C12H7NOS2.C3H7O.K/c14-12(13-8-15)6-5-9-7-16-11-4-2-1-3-10(9)11;1-3-4-2;/h1-4,6-7H,(H,13,14,15);1,3H2,2H3;/q-2;-1;+1. The number of benzene rings is 1.